The Kier molecular flexibility index (Phi) is 5.12. The van der Waals surface area contributed by atoms with E-state index >= 15 is 0 Å². The highest BCUT2D eigenvalue weighted by Crippen LogP contribution is 2.33. The van der Waals surface area contributed by atoms with Crippen LogP contribution in [0.15, 0.2) is 85.5 Å². The van der Waals surface area contributed by atoms with Crippen LogP contribution in [0.4, 0.5) is 0 Å². The van der Waals surface area contributed by atoms with Crippen molar-refractivity contribution in [1.29, 1.82) is 0 Å². The highest BCUT2D eigenvalue weighted by atomic mass is 16.5. The summed E-state index contributed by atoms with van der Waals surface area (Å²) in [5.74, 6) is 0.908. The second-order valence-corrected chi connectivity index (χ2v) is 5.65. The molecule has 3 aromatic rings. The summed E-state index contributed by atoms with van der Waals surface area (Å²) in [6, 6.07) is 25.3. The zero-order valence-corrected chi connectivity index (χ0v) is 14.0. The zero-order valence-electron chi connectivity index (χ0n) is 14.0. The van der Waals surface area contributed by atoms with E-state index in [1.165, 1.54) is 27.8 Å². The number of allylic oxidation sites excluding steroid dienone is 1. The third kappa shape index (κ3) is 3.41. The molecule has 0 amide bonds. The summed E-state index contributed by atoms with van der Waals surface area (Å²) in [6.45, 7) is 6.63. The molecule has 0 atom stereocenters. The molecule has 0 saturated heterocycles. The third-order valence-electron chi connectivity index (χ3n) is 4.09. The lowest BCUT2D eigenvalue weighted by Crippen LogP contribution is -1.94. The van der Waals surface area contributed by atoms with Gasteiger partial charge < -0.3 is 4.74 Å². The quantitative estimate of drug-likeness (QED) is 0.496. The molecule has 0 radical (unpaired) electrons. The van der Waals surface area contributed by atoms with Crippen molar-refractivity contribution in [2.75, 3.05) is 6.61 Å². The summed E-state index contributed by atoms with van der Waals surface area (Å²) in [4.78, 5) is 0. The molecule has 0 unspecified atom stereocenters. The first-order valence-corrected chi connectivity index (χ1v) is 8.35. The van der Waals surface area contributed by atoms with Crippen LogP contribution in [-0.2, 0) is 6.42 Å². The Balaban J connectivity index is 2.09. The number of ether oxygens (including phenoxy) is 1. The Morgan fingerprint density at radius 2 is 1.42 bits per heavy atom. The molecular formula is C23H22O. The van der Waals surface area contributed by atoms with Crippen molar-refractivity contribution in [3.63, 3.8) is 0 Å². The molecule has 0 saturated carbocycles. The van der Waals surface area contributed by atoms with Crippen LogP contribution in [0.25, 0.3) is 22.3 Å². The number of hydrogen-bond acceptors (Lipinski definition) is 1. The zero-order chi connectivity index (χ0) is 16.8. The van der Waals surface area contributed by atoms with E-state index in [0.29, 0.717) is 6.61 Å². The van der Waals surface area contributed by atoms with E-state index in [2.05, 4.69) is 61.2 Å². The minimum atomic E-state index is 0.685. The molecule has 120 valence electrons. The Morgan fingerprint density at radius 1 is 0.792 bits per heavy atom. The number of rotatable bonds is 6. The standard InChI is InChI=1S/C23H22O/c1-3-9-23-21(18-10-6-5-7-11-18)12-8-13-22(23)19-14-16-20(17-15-19)24-4-2/h3,5-8,10-17H,1,4,9H2,2H3. The van der Waals surface area contributed by atoms with Crippen LogP contribution in [-0.4, -0.2) is 6.61 Å². The first-order valence-electron chi connectivity index (χ1n) is 8.35. The molecule has 0 spiro atoms. The SMILES string of the molecule is C=CCc1c(-c2ccccc2)cccc1-c1ccc(OCC)cc1. The van der Waals surface area contributed by atoms with Gasteiger partial charge >= 0.3 is 0 Å². The molecule has 0 heterocycles. The molecule has 24 heavy (non-hydrogen) atoms. The van der Waals surface area contributed by atoms with Crippen molar-refractivity contribution >= 4 is 0 Å². The molecule has 0 aliphatic carbocycles. The summed E-state index contributed by atoms with van der Waals surface area (Å²) in [5, 5.41) is 0. The van der Waals surface area contributed by atoms with E-state index in [1.54, 1.807) is 0 Å². The van der Waals surface area contributed by atoms with Gasteiger partial charge in [0.2, 0.25) is 0 Å². The molecule has 0 bridgehead atoms. The van der Waals surface area contributed by atoms with Gasteiger partial charge in [0.1, 0.15) is 5.75 Å². The van der Waals surface area contributed by atoms with Gasteiger partial charge in [0.05, 0.1) is 6.61 Å². The first-order chi connectivity index (χ1) is 11.8. The van der Waals surface area contributed by atoms with E-state index < -0.39 is 0 Å². The fourth-order valence-corrected chi connectivity index (χ4v) is 3.01. The van der Waals surface area contributed by atoms with Crippen molar-refractivity contribution in [3.05, 3.63) is 91.0 Å². The van der Waals surface area contributed by atoms with Crippen molar-refractivity contribution in [1.82, 2.24) is 0 Å². The van der Waals surface area contributed by atoms with Crippen LogP contribution in [0.3, 0.4) is 0 Å². The fourth-order valence-electron chi connectivity index (χ4n) is 3.01. The lowest BCUT2D eigenvalue weighted by molar-refractivity contribution is 0.340. The normalized spacial score (nSPS) is 10.4. The van der Waals surface area contributed by atoms with E-state index in [0.717, 1.165) is 12.2 Å². The molecule has 1 nitrogen and oxygen atoms in total. The average molecular weight is 314 g/mol. The van der Waals surface area contributed by atoms with E-state index in [1.807, 2.05) is 31.2 Å². The Labute approximate surface area is 144 Å². The van der Waals surface area contributed by atoms with Gasteiger partial charge in [0.15, 0.2) is 0 Å². The summed E-state index contributed by atoms with van der Waals surface area (Å²) < 4.78 is 5.55. The number of hydrogen-bond donors (Lipinski definition) is 0. The third-order valence-corrected chi connectivity index (χ3v) is 4.09. The van der Waals surface area contributed by atoms with Crippen LogP contribution in [0.5, 0.6) is 5.75 Å². The minimum absolute atomic E-state index is 0.685. The molecule has 0 aromatic heterocycles. The molecule has 1 heteroatoms. The van der Waals surface area contributed by atoms with Gasteiger partial charge in [-0.05, 0) is 53.3 Å². The van der Waals surface area contributed by atoms with E-state index in [9.17, 15) is 0 Å². The van der Waals surface area contributed by atoms with Crippen molar-refractivity contribution < 1.29 is 4.74 Å². The Hall–Kier alpha value is -2.80. The lowest BCUT2D eigenvalue weighted by atomic mass is 9.90. The Bertz CT molecular complexity index is 801. The minimum Gasteiger partial charge on any atom is -0.494 e. The summed E-state index contributed by atoms with van der Waals surface area (Å²) in [6.07, 6.45) is 2.81. The van der Waals surface area contributed by atoms with Crippen LogP contribution in [0.1, 0.15) is 12.5 Å². The predicted molar refractivity (Wildman–Crippen MR) is 102 cm³/mol. The molecular weight excluding hydrogens is 292 g/mol. The van der Waals surface area contributed by atoms with Gasteiger partial charge in [-0.15, -0.1) is 6.58 Å². The van der Waals surface area contributed by atoms with Gasteiger partial charge in [-0.3, -0.25) is 0 Å². The largest absolute Gasteiger partial charge is 0.494 e. The summed E-state index contributed by atoms with van der Waals surface area (Å²) >= 11 is 0. The average Bonchev–Trinajstić information content (AvgIpc) is 2.64. The maximum atomic E-state index is 5.55. The van der Waals surface area contributed by atoms with E-state index in [4.69, 9.17) is 4.74 Å². The molecule has 0 N–H and O–H groups in total. The predicted octanol–water partition coefficient (Wildman–Crippen LogP) is 6.15. The molecule has 3 rings (SSSR count). The van der Waals surface area contributed by atoms with Crippen molar-refractivity contribution in [2.45, 2.75) is 13.3 Å². The molecule has 3 aromatic carbocycles. The molecule has 0 aliphatic rings. The van der Waals surface area contributed by atoms with Gasteiger partial charge in [0.25, 0.3) is 0 Å². The monoisotopic (exact) mass is 314 g/mol. The number of benzene rings is 3. The van der Waals surface area contributed by atoms with Crippen LogP contribution < -0.4 is 4.74 Å². The summed E-state index contributed by atoms with van der Waals surface area (Å²) in [7, 11) is 0. The maximum Gasteiger partial charge on any atom is 0.119 e. The molecule has 0 aliphatic heterocycles. The van der Waals surface area contributed by atoms with E-state index in [-0.39, 0.29) is 0 Å². The summed E-state index contributed by atoms with van der Waals surface area (Å²) in [5.41, 5.74) is 6.26. The second kappa shape index (κ2) is 7.65. The van der Waals surface area contributed by atoms with Crippen molar-refractivity contribution in [2.24, 2.45) is 0 Å². The van der Waals surface area contributed by atoms with Crippen LogP contribution in [0.2, 0.25) is 0 Å². The topological polar surface area (TPSA) is 9.23 Å². The highest BCUT2D eigenvalue weighted by Gasteiger charge is 2.10. The van der Waals surface area contributed by atoms with Gasteiger partial charge in [-0.1, -0.05) is 66.7 Å². The van der Waals surface area contributed by atoms with Crippen LogP contribution >= 0.6 is 0 Å². The fraction of sp³-hybridized carbons (Fsp3) is 0.130. The maximum absolute atomic E-state index is 5.55. The lowest BCUT2D eigenvalue weighted by Gasteiger charge is -2.15. The highest BCUT2D eigenvalue weighted by molar-refractivity contribution is 5.79. The van der Waals surface area contributed by atoms with Gasteiger partial charge in [-0.25, -0.2) is 0 Å². The van der Waals surface area contributed by atoms with Gasteiger partial charge in [0, 0.05) is 0 Å². The van der Waals surface area contributed by atoms with Crippen molar-refractivity contribution in [3.8, 4) is 28.0 Å². The molecule has 0 fully saturated rings. The second-order valence-electron chi connectivity index (χ2n) is 5.65. The van der Waals surface area contributed by atoms with Crippen LogP contribution in [0, 0.1) is 0 Å². The Morgan fingerprint density at radius 3 is 2.00 bits per heavy atom. The first kappa shape index (κ1) is 16.1. The smallest absolute Gasteiger partial charge is 0.119 e. The van der Waals surface area contributed by atoms with Gasteiger partial charge in [-0.2, -0.15) is 0 Å².